The second-order valence-electron chi connectivity index (χ2n) is 10.1. The Labute approximate surface area is 212 Å². The number of hydrogen-bond acceptors (Lipinski definition) is 5. The molecule has 3 aromatic rings. The quantitative estimate of drug-likeness (QED) is 0.527. The van der Waals surface area contributed by atoms with Gasteiger partial charge in [-0.1, -0.05) is 67.5 Å². The Morgan fingerprint density at radius 1 is 1.08 bits per heavy atom. The molecular weight excluding hydrogens is 450 g/mol. The van der Waals surface area contributed by atoms with Gasteiger partial charge in [-0.3, -0.25) is 4.90 Å². The Bertz CT molecular complexity index is 1180. The Balaban J connectivity index is 1.17. The Kier molecular flexibility index (Phi) is 7.41. The number of carbonyl (C=O) groups excluding carboxylic acids is 1. The molecule has 36 heavy (non-hydrogen) atoms. The van der Waals surface area contributed by atoms with Gasteiger partial charge in [0.2, 0.25) is 0 Å². The first kappa shape index (κ1) is 24.2. The highest BCUT2D eigenvalue weighted by molar-refractivity contribution is 5.90. The van der Waals surface area contributed by atoms with Crippen molar-refractivity contribution in [3.63, 3.8) is 0 Å². The lowest BCUT2D eigenvalue weighted by molar-refractivity contribution is 0.0439. The summed E-state index contributed by atoms with van der Waals surface area (Å²) in [6.07, 6.45) is 11.4. The maximum atomic E-state index is 13.0. The number of aromatic nitrogens is 4. The molecule has 0 bridgehead atoms. The van der Waals surface area contributed by atoms with E-state index in [4.69, 9.17) is 0 Å². The van der Waals surface area contributed by atoms with E-state index in [1.54, 1.807) is 11.7 Å². The number of likely N-dealkylation sites (tertiary alicyclic amines) is 1. The predicted molar refractivity (Wildman–Crippen MR) is 142 cm³/mol. The van der Waals surface area contributed by atoms with Crippen LogP contribution in [-0.4, -0.2) is 56.8 Å². The molecule has 5 rings (SSSR count). The van der Waals surface area contributed by atoms with Crippen molar-refractivity contribution in [2.24, 2.45) is 12.5 Å². The van der Waals surface area contributed by atoms with E-state index < -0.39 is 0 Å². The molecule has 2 heterocycles. The number of rotatable bonds is 6. The summed E-state index contributed by atoms with van der Waals surface area (Å²) in [7, 11) is 1.80. The van der Waals surface area contributed by atoms with Crippen LogP contribution < -0.4 is 10.6 Å². The largest absolute Gasteiger partial charge is 0.335 e. The van der Waals surface area contributed by atoms with Gasteiger partial charge < -0.3 is 10.6 Å². The summed E-state index contributed by atoms with van der Waals surface area (Å²) in [5, 5.41) is 18.0. The highest BCUT2D eigenvalue weighted by atomic mass is 16.2. The molecule has 8 heteroatoms. The van der Waals surface area contributed by atoms with Crippen LogP contribution in [0.3, 0.4) is 0 Å². The molecule has 8 nitrogen and oxygen atoms in total. The number of urea groups is 1. The highest BCUT2D eigenvalue weighted by Crippen LogP contribution is 2.44. The molecule has 1 saturated carbocycles. The molecule has 2 aromatic carbocycles. The van der Waals surface area contributed by atoms with Crippen LogP contribution in [0.5, 0.6) is 0 Å². The van der Waals surface area contributed by atoms with E-state index in [1.165, 1.54) is 24.8 Å². The Morgan fingerprint density at radius 2 is 1.92 bits per heavy atom. The fourth-order valence-corrected chi connectivity index (χ4v) is 5.75. The van der Waals surface area contributed by atoms with E-state index >= 15 is 0 Å². The highest BCUT2D eigenvalue weighted by Gasteiger charge is 2.43. The van der Waals surface area contributed by atoms with Gasteiger partial charge in [0.15, 0.2) is 5.82 Å². The van der Waals surface area contributed by atoms with Gasteiger partial charge in [0, 0.05) is 30.9 Å². The summed E-state index contributed by atoms with van der Waals surface area (Å²) in [4.78, 5) is 15.6. The average Bonchev–Trinajstić information content (AvgIpc) is 3.33. The zero-order valence-corrected chi connectivity index (χ0v) is 20.9. The molecule has 1 unspecified atom stereocenters. The molecule has 1 spiro atoms. The van der Waals surface area contributed by atoms with Gasteiger partial charge in [0.1, 0.15) is 0 Å². The average molecular weight is 486 g/mol. The molecule has 1 saturated heterocycles. The maximum absolute atomic E-state index is 13.0. The fourth-order valence-electron chi connectivity index (χ4n) is 5.75. The number of piperidine rings is 1. The van der Waals surface area contributed by atoms with E-state index in [9.17, 15) is 4.79 Å². The number of anilines is 1. The van der Waals surface area contributed by atoms with Gasteiger partial charge in [0.25, 0.3) is 0 Å². The smallest absolute Gasteiger partial charge is 0.319 e. The van der Waals surface area contributed by atoms with Crippen LogP contribution >= 0.6 is 0 Å². The monoisotopic (exact) mass is 485 g/mol. The first-order chi connectivity index (χ1) is 17.6. The van der Waals surface area contributed by atoms with Crippen molar-refractivity contribution in [1.29, 1.82) is 0 Å². The number of hydrogen-bond donors (Lipinski definition) is 2. The topological polar surface area (TPSA) is 88.0 Å². The van der Waals surface area contributed by atoms with Crippen molar-refractivity contribution in [3.05, 3.63) is 66.2 Å². The van der Waals surface area contributed by atoms with Gasteiger partial charge in [0.05, 0.1) is 0 Å². The summed E-state index contributed by atoms with van der Waals surface area (Å²) in [6.45, 7) is 3.13. The van der Waals surface area contributed by atoms with Crippen LogP contribution in [0.1, 0.15) is 44.1 Å². The van der Waals surface area contributed by atoms with Crippen molar-refractivity contribution in [3.8, 4) is 11.4 Å². The molecule has 2 aliphatic rings. The predicted octanol–water partition coefficient (Wildman–Crippen LogP) is 4.74. The Morgan fingerprint density at radius 3 is 2.69 bits per heavy atom. The number of nitrogens with one attached hydrogen (secondary N) is 2. The number of benzene rings is 2. The minimum absolute atomic E-state index is 0.136. The maximum Gasteiger partial charge on any atom is 0.319 e. The zero-order valence-electron chi connectivity index (χ0n) is 20.9. The minimum atomic E-state index is -0.136. The van der Waals surface area contributed by atoms with E-state index in [0.717, 1.165) is 50.1 Å². The summed E-state index contributed by atoms with van der Waals surface area (Å²) >= 11 is 0. The van der Waals surface area contributed by atoms with E-state index in [2.05, 4.69) is 67.5 Å². The normalized spacial score (nSPS) is 20.0. The third kappa shape index (κ3) is 5.65. The van der Waals surface area contributed by atoms with Crippen LogP contribution in [0.2, 0.25) is 0 Å². The van der Waals surface area contributed by atoms with Gasteiger partial charge in [-0.15, -0.1) is 5.10 Å². The number of nitrogens with zero attached hydrogens (tertiary/aromatic N) is 5. The summed E-state index contributed by atoms with van der Waals surface area (Å²) in [6, 6.07) is 18.2. The lowest BCUT2D eigenvalue weighted by Gasteiger charge is -2.49. The zero-order chi connectivity index (χ0) is 24.8. The van der Waals surface area contributed by atoms with Crippen LogP contribution in [0.25, 0.3) is 17.5 Å². The molecule has 2 amide bonds. The van der Waals surface area contributed by atoms with Crippen LogP contribution in [0, 0.1) is 5.41 Å². The first-order valence-corrected chi connectivity index (χ1v) is 13.0. The van der Waals surface area contributed by atoms with Gasteiger partial charge in [-0.25, -0.2) is 9.48 Å². The number of aryl methyl sites for hydroxylation is 1. The van der Waals surface area contributed by atoms with Crippen LogP contribution in [-0.2, 0) is 7.05 Å². The second kappa shape index (κ2) is 11.0. The standard InChI is InChI=1S/C28H35N7O/c1-34-26(31-32-33-34)23-12-7-13-24(21-23)29-27(36)30-25-14-5-6-15-28(25)16-19-35(20-17-28)18-8-11-22-9-3-2-4-10-22/h2-4,7-13,21,25H,5-6,14-20H2,1H3,(H2,29,30,36)/b11-8+. The van der Waals surface area contributed by atoms with Gasteiger partial charge >= 0.3 is 6.03 Å². The molecule has 2 N–H and O–H groups in total. The lowest BCUT2D eigenvalue weighted by Crippen LogP contribution is -2.55. The fraction of sp³-hybridized carbons (Fsp3) is 0.429. The van der Waals surface area contributed by atoms with Gasteiger partial charge in [-0.2, -0.15) is 0 Å². The van der Waals surface area contributed by atoms with Crippen LogP contribution in [0.15, 0.2) is 60.7 Å². The lowest BCUT2D eigenvalue weighted by atomic mass is 9.64. The summed E-state index contributed by atoms with van der Waals surface area (Å²) in [5.74, 6) is 0.663. The van der Waals surface area contributed by atoms with E-state index in [1.807, 2.05) is 30.3 Å². The number of tetrazole rings is 1. The van der Waals surface area contributed by atoms with Crippen molar-refractivity contribution in [2.75, 3.05) is 25.0 Å². The number of carbonyl (C=O) groups is 1. The molecule has 188 valence electrons. The number of amides is 2. The summed E-state index contributed by atoms with van der Waals surface area (Å²) < 4.78 is 1.62. The summed E-state index contributed by atoms with van der Waals surface area (Å²) in [5.41, 5.74) is 3.04. The molecule has 0 radical (unpaired) electrons. The van der Waals surface area contributed by atoms with Crippen molar-refractivity contribution < 1.29 is 4.79 Å². The first-order valence-electron chi connectivity index (χ1n) is 13.0. The van der Waals surface area contributed by atoms with E-state index in [0.29, 0.717) is 5.82 Å². The molecule has 1 aliphatic heterocycles. The van der Waals surface area contributed by atoms with Gasteiger partial charge in [-0.05, 0) is 72.3 Å². The third-order valence-corrected chi connectivity index (χ3v) is 7.79. The van der Waals surface area contributed by atoms with Crippen molar-refractivity contribution >= 4 is 17.8 Å². The van der Waals surface area contributed by atoms with E-state index in [-0.39, 0.29) is 17.5 Å². The minimum Gasteiger partial charge on any atom is -0.335 e. The second-order valence-corrected chi connectivity index (χ2v) is 10.1. The molecule has 2 fully saturated rings. The van der Waals surface area contributed by atoms with Crippen molar-refractivity contribution in [1.82, 2.24) is 30.4 Å². The third-order valence-electron chi connectivity index (χ3n) is 7.79. The molecule has 1 atom stereocenters. The molecule has 1 aromatic heterocycles. The molecule has 1 aliphatic carbocycles. The SMILES string of the molecule is Cn1nnnc1-c1cccc(NC(=O)NC2CCCCC23CCN(C/C=C/c2ccccc2)CC3)c1. The van der Waals surface area contributed by atoms with Crippen molar-refractivity contribution in [2.45, 2.75) is 44.6 Å². The molecular formula is C28H35N7O. The Hall–Kier alpha value is -3.52. The van der Waals surface area contributed by atoms with Crippen LogP contribution in [0.4, 0.5) is 10.5 Å².